The molecule has 2 aromatic heterocycles. The number of benzene rings is 2. The molecule has 1 saturated heterocycles. The second-order valence-corrected chi connectivity index (χ2v) is 10.8. The number of rotatable bonds is 7. The summed E-state index contributed by atoms with van der Waals surface area (Å²) in [6.45, 7) is 5.66. The van der Waals surface area contributed by atoms with Crippen molar-refractivity contribution in [1.82, 2.24) is 15.3 Å². The number of hydrogen-bond acceptors (Lipinski definition) is 8. The van der Waals surface area contributed by atoms with Crippen LogP contribution in [0.25, 0.3) is 10.4 Å². The predicted octanol–water partition coefficient (Wildman–Crippen LogP) is 6.19. The molecule has 1 amide bonds. The molecule has 8 nitrogen and oxygen atoms in total. The summed E-state index contributed by atoms with van der Waals surface area (Å²) in [4.78, 5) is 25.0. The summed E-state index contributed by atoms with van der Waals surface area (Å²) in [5, 5.41) is 9.97. The van der Waals surface area contributed by atoms with Crippen molar-refractivity contribution < 1.29 is 13.9 Å². The summed E-state index contributed by atoms with van der Waals surface area (Å²) in [6, 6.07) is 16.8. The quantitative estimate of drug-likeness (QED) is 0.246. The Balaban J connectivity index is 1.28. The Bertz CT molecular complexity index is 1470. The second kappa shape index (κ2) is 11.6. The highest BCUT2D eigenvalue weighted by molar-refractivity contribution is 7.18. The van der Waals surface area contributed by atoms with Gasteiger partial charge in [0.2, 0.25) is 5.95 Å². The molecule has 3 N–H and O–H groups in total. The first-order valence-electron chi connectivity index (χ1n) is 12.5. The molecule has 0 unspecified atom stereocenters. The van der Waals surface area contributed by atoms with Crippen LogP contribution < -0.4 is 25.6 Å². The Kier molecular flexibility index (Phi) is 7.97. The van der Waals surface area contributed by atoms with Crippen LogP contribution in [0.2, 0.25) is 5.02 Å². The van der Waals surface area contributed by atoms with Crippen molar-refractivity contribution in [3.8, 4) is 16.2 Å². The zero-order valence-corrected chi connectivity index (χ0v) is 23.2. The zero-order valence-electron chi connectivity index (χ0n) is 21.7. The van der Waals surface area contributed by atoms with Gasteiger partial charge in [-0.3, -0.25) is 4.79 Å². The number of anilines is 4. The Labute approximate surface area is 235 Å². The molecule has 1 aliphatic rings. The van der Waals surface area contributed by atoms with Crippen LogP contribution in [-0.2, 0) is 0 Å². The van der Waals surface area contributed by atoms with Gasteiger partial charge < -0.3 is 25.6 Å². The molecule has 1 aliphatic heterocycles. The molecule has 1 fully saturated rings. The summed E-state index contributed by atoms with van der Waals surface area (Å²) in [5.41, 5.74) is 2.03. The number of amides is 1. The number of methoxy groups -OCH3 is 1. The van der Waals surface area contributed by atoms with E-state index in [9.17, 15) is 9.18 Å². The fourth-order valence-electron chi connectivity index (χ4n) is 4.53. The largest absolute Gasteiger partial charge is 0.495 e. The van der Waals surface area contributed by atoms with E-state index in [0.29, 0.717) is 33.0 Å². The number of piperazine rings is 1. The predicted molar refractivity (Wildman–Crippen MR) is 155 cm³/mol. The van der Waals surface area contributed by atoms with Gasteiger partial charge in [-0.15, -0.1) is 11.3 Å². The van der Waals surface area contributed by atoms with E-state index in [1.165, 1.54) is 24.6 Å². The van der Waals surface area contributed by atoms with E-state index in [0.717, 1.165) is 23.5 Å². The molecule has 39 heavy (non-hydrogen) atoms. The molecular weight excluding hydrogens is 539 g/mol. The minimum atomic E-state index is -0.550. The molecule has 2 aromatic carbocycles. The van der Waals surface area contributed by atoms with Crippen LogP contribution in [0.5, 0.6) is 5.75 Å². The zero-order chi connectivity index (χ0) is 27.5. The van der Waals surface area contributed by atoms with Crippen molar-refractivity contribution in [3.63, 3.8) is 0 Å². The Hall–Kier alpha value is -3.73. The molecule has 3 heterocycles. The number of carbonyl (C=O) groups is 1. The van der Waals surface area contributed by atoms with E-state index in [4.69, 9.17) is 16.3 Å². The molecule has 0 spiro atoms. The van der Waals surface area contributed by atoms with E-state index in [1.807, 2.05) is 23.1 Å². The van der Waals surface area contributed by atoms with Gasteiger partial charge in [0.1, 0.15) is 10.6 Å². The van der Waals surface area contributed by atoms with Gasteiger partial charge in [-0.05, 0) is 50.2 Å². The molecule has 0 radical (unpaired) electrons. The third-order valence-corrected chi connectivity index (χ3v) is 7.72. The first kappa shape index (κ1) is 26.9. The monoisotopic (exact) mass is 566 g/mol. The van der Waals surface area contributed by atoms with Crippen molar-refractivity contribution in [3.05, 3.63) is 76.5 Å². The highest BCUT2D eigenvalue weighted by Crippen LogP contribution is 2.39. The molecule has 0 saturated carbocycles. The van der Waals surface area contributed by atoms with Gasteiger partial charge in [0.25, 0.3) is 5.91 Å². The van der Waals surface area contributed by atoms with Gasteiger partial charge in [0, 0.05) is 52.0 Å². The number of carbonyl (C=O) groups excluding carboxylic acids is 1. The van der Waals surface area contributed by atoms with Crippen LogP contribution in [0.1, 0.15) is 23.5 Å². The van der Waals surface area contributed by atoms with Crippen LogP contribution in [0, 0.1) is 5.82 Å². The molecule has 202 valence electrons. The Morgan fingerprint density at radius 1 is 1.13 bits per heavy atom. The van der Waals surface area contributed by atoms with Gasteiger partial charge in [0.15, 0.2) is 11.6 Å². The van der Waals surface area contributed by atoms with E-state index < -0.39 is 5.82 Å². The number of thiophene rings is 1. The summed E-state index contributed by atoms with van der Waals surface area (Å²) >= 11 is 7.64. The fraction of sp³-hybridized carbons (Fsp3) is 0.250. The van der Waals surface area contributed by atoms with Crippen molar-refractivity contribution in [1.29, 1.82) is 0 Å². The van der Waals surface area contributed by atoms with Crippen molar-refractivity contribution in [2.45, 2.75) is 25.9 Å². The van der Waals surface area contributed by atoms with Gasteiger partial charge in [0.05, 0.1) is 13.3 Å². The van der Waals surface area contributed by atoms with E-state index in [1.54, 1.807) is 36.4 Å². The molecule has 0 bridgehead atoms. The maximum absolute atomic E-state index is 14.5. The minimum absolute atomic E-state index is 0.0889. The molecule has 4 aromatic rings. The molecule has 5 rings (SSSR count). The number of hydrogen-bond donors (Lipinski definition) is 3. The van der Waals surface area contributed by atoms with Crippen LogP contribution in [-0.4, -0.2) is 48.2 Å². The summed E-state index contributed by atoms with van der Waals surface area (Å²) in [5.74, 6) is 0.178. The number of ether oxygens (including phenoxy) is 1. The third kappa shape index (κ3) is 6.13. The summed E-state index contributed by atoms with van der Waals surface area (Å²) < 4.78 is 20.0. The smallest absolute Gasteiger partial charge is 0.269 e. The lowest BCUT2D eigenvalue weighted by Crippen LogP contribution is -2.54. The molecular formula is C28H28ClFN6O2S. The first-order chi connectivity index (χ1) is 18.8. The highest BCUT2D eigenvalue weighted by atomic mass is 35.5. The van der Waals surface area contributed by atoms with Gasteiger partial charge in [-0.2, -0.15) is 4.98 Å². The molecule has 11 heteroatoms. The maximum atomic E-state index is 14.5. The summed E-state index contributed by atoms with van der Waals surface area (Å²) in [7, 11) is 1.52. The first-order valence-corrected chi connectivity index (χ1v) is 13.6. The van der Waals surface area contributed by atoms with Crippen LogP contribution in [0.4, 0.5) is 27.5 Å². The van der Waals surface area contributed by atoms with Crippen LogP contribution >= 0.6 is 22.9 Å². The van der Waals surface area contributed by atoms with E-state index >= 15 is 0 Å². The lowest BCUT2D eigenvalue weighted by atomic mass is 10.1. The average Bonchev–Trinajstić information content (AvgIpc) is 3.35. The maximum Gasteiger partial charge on any atom is 0.269 e. The van der Waals surface area contributed by atoms with Crippen LogP contribution in [0.3, 0.4) is 0 Å². The number of aromatic nitrogens is 2. The number of nitrogens with zero attached hydrogens (tertiary/aromatic N) is 3. The Morgan fingerprint density at radius 2 is 1.82 bits per heavy atom. The average molecular weight is 567 g/mol. The Morgan fingerprint density at radius 3 is 2.51 bits per heavy atom. The topological polar surface area (TPSA) is 91.4 Å². The normalized spacial score (nSPS) is 17.1. The van der Waals surface area contributed by atoms with E-state index in [-0.39, 0.29) is 23.8 Å². The van der Waals surface area contributed by atoms with Gasteiger partial charge in [-0.1, -0.05) is 29.8 Å². The minimum Gasteiger partial charge on any atom is -0.495 e. The third-order valence-electron chi connectivity index (χ3n) is 6.24. The molecule has 2 atom stereocenters. The van der Waals surface area contributed by atoms with Crippen molar-refractivity contribution in [2.24, 2.45) is 0 Å². The van der Waals surface area contributed by atoms with Gasteiger partial charge >= 0.3 is 0 Å². The lowest BCUT2D eigenvalue weighted by Gasteiger charge is -2.36. The van der Waals surface area contributed by atoms with Crippen LogP contribution in [0.15, 0.2) is 60.8 Å². The van der Waals surface area contributed by atoms with Crippen molar-refractivity contribution in [2.75, 3.05) is 35.7 Å². The number of nitrogens with one attached hydrogen (secondary N) is 3. The van der Waals surface area contributed by atoms with Gasteiger partial charge in [-0.25, -0.2) is 9.37 Å². The number of halogens is 2. The second-order valence-electron chi connectivity index (χ2n) is 9.38. The van der Waals surface area contributed by atoms with E-state index in [2.05, 4.69) is 39.8 Å². The lowest BCUT2D eigenvalue weighted by molar-refractivity contribution is 0.102. The fourth-order valence-corrected chi connectivity index (χ4v) is 5.88. The molecule has 0 aliphatic carbocycles. The summed E-state index contributed by atoms with van der Waals surface area (Å²) in [6.07, 6.45) is 1.18. The highest BCUT2D eigenvalue weighted by Gasteiger charge is 2.24. The standard InChI is InChI=1S/C28H28ClFN6O2S/c1-16-14-36(15-17(2)32-16)28-31-13-22(30)26(35-28)33-18-8-10-19(11-9-18)34-27(37)25-23(38-3)12-24(39-25)20-6-4-5-7-21(20)29/h4-13,16-17,32H,14-15H2,1-3H3,(H,34,37)(H,31,33,35)/t16-,17+. The SMILES string of the molecule is COc1cc(-c2ccccc2Cl)sc1C(=O)Nc1ccc(Nc2nc(N3C[C@@H](C)N[C@@H](C)C3)ncc2F)cc1. The van der Waals surface area contributed by atoms with Crippen molar-refractivity contribution >= 4 is 52.0 Å².